The average molecular weight is 260 g/mol. The fourth-order valence-corrected chi connectivity index (χ4v) is 2.02. The molecule has 1 aliphatic rings. The summed E-state index contributed by atoms with van der Waals surface area (Å²) in [7, 11) is 0. The van der Waals surface area contributed by atoms with Crippen molar-refractivity contribution < 1.29 is 14.3 Å². The van der Waals surface area contributed by atoms with Gasteiger partial charge in [-0.25, -0.2) is 9.59 Å². The van der Waals surface area contributed by atoms with E-state index in [4.69, 9.17) is 4.74 Å². The molecule has 0 bridgehead atoms. The standard InChI is InChI=1S/C14H16N2O3/c1-14(2,3)19-13(18)16-7-6-10-8-11(15-9-17)4-5-12(10)16/h4-5,8H,6-7H2,1-3H3. The molecule has 5 heteroatoms. The molecule has 0 unspecified atom stereocenters. The summed E-state index contributed by atoms with van der Waals surface area (Å²) >= 11 is 0. The van der Waals surface area contributed by atoms with Crippen LogP contribution in [0.5, 0.6) is 0 Å². The molecule has 1 aromatic rings. The van der Waals surface area contributed by atoms with Gasteiger partial charge in [0.25, 0.3) is 0 Å². The molecule has 0 aliphatic carbocycles. The molecule has 0 spiro atoms. The molecule has 0 fully saturated rings. The van der Waals surface area contributed by atoms with Gasteiger partial charge in [0.15, 0.2) is 0 Å². The topological polar surface area (TPSA) is 59.0 Å². The van der Waals surface area contributed by atoms with Gasteiger partial charge in [0.05, 0.1) is 11.4 Å². The Morgan fingerprint density at radius 2 is 2.16 bits per heavy atom. The lowest BCUT2D eigenvalue weighted by Crippen LogP contribution is -2.35. The van der Waals surface area contributed by atoms with Crippen LogP contribution in [0.15, 0.2) is 23.2 Å². The van der Waals surface area contributed by atoms with E-state index in [1.54, 1.807) is 23.1 Å². The summed E-state index contributed by atoms with van der Waals surface area (Å²) in [5, 5.41) is 0. The second-order valence-electron chi connectivity index (χ2n) is 5.40. The van der Waals surface area contributed by atoms with Crippen LogP contribution in [0.25, 0.3) is 0 Å². The summed E-state index contributed by atoms with van der Waals surface area (Å²) in [6, 6.07) is 5.26. The predicted molar refractivity (Wildman–Crippen MR) is 71.5 cm³/mol. The Hall–Kier alpha value is -2.13. The second kappa shape index (κ2) is 4.86. The smallest absolute Gasteiger partial charge is 0.414 e. The second-order valence-corrected chi connectivity index (χ2v) is 5.40. The molecule has 1 heterocycles. The van der Waals surface area contributed by atoms with Crippen LogP contribution in [0.3, 0.4) is 0 Å². The predicted octanol–water partition coefficient (Wildman–Crippen LogP) is 2.95. The minimum absolute atomic E-state index is 0.349. The molecule has 0 atom stereocenters. The number of rotatable bonds is 1. The summed E-state index contributed by atoms with van der Waals surface area (Å²) in [6.07, 6.45) is 1.89. The molecular weight excluding hydrogens is 244 g/mol. The van der Waals surface area contributed by atoms with Crippen molar-refractivity contribution in [2.75, 3.05) is 11.4 Å². The molecule has 0 aromatic heterocycles. The van der Waals surface area contributed by atoms with E-state index in [0.29, 0.717) is 12.2 Å². The summed E-state index contributed by atoms with van der Waals surface area (Å²) in [6.45, 7) is 6.09. The van der Waals surface area contributed by atoms with Gasteiger partial charge in [0.2, 0.25) is 6.08 Å². The molecule has 100 valence electrons. The van der Waals surface area contributed by atoms with Crippen LogP contribution in [0.4, 0.5) is 16.2 Å². The molecule has 0 saturated heterocycles. The number of amides is 1. The first-order valence-electron chi connectivity index (χ1n) is 6.12. The Balaban J connectivity index is 2.23. The fraction of sp³-hybridized carbons (Fsp3) is 0.429. The number of aliphatic imine (C=N–C) groups is 1. The number of ether oxygens (including phenoxy) is 1. The average Bonchev–Trinajstić information content (AvgIpc) is 2.70. The van der Waals surface area contributed by atoms with Crippen molar-refractivity contribution in [2.45, 2.75) is 32.8 Å². The Morgan fingerprint density at radius 3 is 2.79 bits per heavy atom. The molecule has 5 nitrogen and oxygen atoms in total. The lowest BCUT2D eigenvalue weighted by Gasteiger charge is -2.24. The molecule has 0 radical (unpaired) electrons. The summed E-state index contributed by atoms with van der Waals surface area (Å²) in [5.41, 5.74) is 1.85. The van der Waals surface area contributed by atoms with E-state index in [2.05, 4.69) is 4.99 Å². The van der Waals surface area contributed by atoms with E-state index in [1.807, 2.05) is 20.8 Å². The normalized spacial score (nSPS) is 13.7. The Kier molecular flexibility index (Phi) is 3.40. The maximum atomic E-state index is 12.1. The van der Waals surface area contributed by atoms with Crippen molar-refractivity contribution in [3.05, 3.63) is 23.8 Å². The van der Waals surface area contributed by atoms with Gasteiger partial charge in [-0.2, -0.15) is 4.99 Å². The minimum Gasteiger partial charge on any atom is -0.443 e. The fourth-order valence-electron chi connectivity index (χ4n) is 2.02. The number of hydrogen-bond donors (Lipinski definition) is 0. The first-order valence-corrected chi connectivity index (χ1v) is 6.12. The molecule has 1 aromatic carbocycles. The molecular formula is C14H16N2O3. The van der Waals surface area contributed by atoms with Gasteiger partial charge in [-0.3, -0.25) is 4.90 Å². The minimum atomic E-state index is -0.512. The van der Waals surface area contributed by atoms with Gasteiger partial charge in [0.1, 0.15) is 5.60 Å². The Bertz CT molecular complexity index is 554. The van der Waals surface area contributed by atoms with E-state index in [-0.39, 0.29) is 6.09 Å². The van der Waals surface area contributed by atoms with Gasteiger partial charge in [-0.15, -0.1) is 0 Å². The highest BCUT2D eigenvalue weighted by Crippen LogP contribution is 2.32. The molecule has 0 N–H and O–H groups in total. The molecule has 2 rings (SSSR count). The molecule has 19 heavy (non-hydrogen) atoms. The number of hydrogen-bond acceptors (Lipinski definition) is 4. The number of anilines is 1. The van der Waals surface area contributed by atoms with E-state index in [9.17, 15) is 9.59 Å². The zero-order chi connectivity index (χ0) is 14.0. The van der Waals surface area contributed by atoms with Gasteiger partial charge < -0.3 is 4.74 Å². The van der Waals surface area contributed by atoms with Gasteiger partial charge in [-0.05, 0) is 51.0 Å². The Labute approximate surface area is 111 Å². The van der Waals surface area contributed by atoms with Crippen molar-refractivity contribution in [3.8, 4) is 0 Å². The largest absolute Gasteiger partial charge is 0.443 e. The van der Waals surface area contributed by atoms with Crippen molar-refractivity contribution in [3.63, 3.8) is 0 Å². The third kappa shape index (κ3) is 3.01. The van der Waals surface area contributed by atoms with Crippen molar-refractivity contribution in [1.82, 2.24) is 0 Å². The summed E-state index contributed by atoms with van der Waals surface area (Å²) < 4.78 is 5.36. The highest BCUT2D eigenvalue weighted by atomic mass is 16.6. The van der Waals surface area contributed by atoms with Crippen LogP contribution in [-0.4, -0.2) is 24.3 Å². The van der Waals surface area contributed by atoms with E-state index in [0.717, 1.165) is 17.7 Å². The van der Waals surface area contributed by atoms with Crippen molar-refractivity contribution in [1.29, 1.82) is 0 Å². The third-order valence-corrected chi connectivity index (χ3v) is 2.75. The van der Waals surface area contributed by atoms with Crippen LogP contribution in [0.1, 0.15) is 26.3 Å². The molecule has 1 aliphatic heterocycles. The van der Waals surface area contributed by atoms with E-state index in [1.165, 1.54) is 6.08 Å². The number of isocyanates is 1. The van der Waals surface area contributed by atoms with Crippen LogP contribution < -0.4 is 4.90 Å². The van der Waals surface area contributed by atoms with Crippen molar-refractivity contribution in [2.24, 2.45) is 4.99 Å². The highest BCUT2D eigenvalue weighted by molar-refractivity contribution is 5.91. The maximum Gasteiger partial charge on any atom is 0.414 e. The lowest BCUT2D eigenvalue weighted by atomic mass is 10.1. The molecule has 0 saturated carbocycles. The zero-order valence-electron chi connectivity index (χ0n) is 11.3. The molecule has 1 amide bonds. The zero-order valence-corrected chi connectivity index (χ0v) is 11.3. The van der Waals surface area contributed by atoms with Crippen molar-refractivity contribution >= 4 is 23.5 Å². The summed E-state index contributed by atoms with van der Waals surface area (Å²) in [5.74, 6) is 0. The van der Waals surface area contributed by atoms with Crippen LogP contribution >= 0.6 is 0 Å². The van der Waals surface area contributed by atoms with E-state index >= 15 is 0 Å². The van der Waals surface area contributed by atoms with Crippen LogP contribution in [0, 0.1) is 0 Å². The Morgan fingerprint density at radius 1 is 1.42 bits per heavy atom. The number of benzene rings is 1. The summed E-state index contributed by atoms with van der Waals surface area (Å²) in [4.78, 5) is 27.5. The maximum absolute atomic E-state index is 12.1. The lowest BCUT2D eigenvalue weighted by molar-refractivity contribution is 0.0584. The number of carbonyl (C=O) groups excluding carboxylic acids is 2. The third-order valence-electron chi connectivity index (χ3n) is 2.75. The van der Waals surface area contributed by atoms with Gasteiger partial charge in [0, 0.05) is 6.54 Å². The van der Waals surface area contributed by atoms with Gasteiger partial charge >= 0.3 is 6.09 Å². The van der Waals surface area contributed by atoms with Crippen LogP contribution in [0.2, 0.25) is 0 Å². The van der Waals surface area contributed by atoms with Crippen LogP contribution in [-0.2, 0) is 16.0 Å². The van der Waals surface area contributed by atoms with E-state index < -0.39 is 5.60 Å². The quantitative estimate of drug-likeness (QED) is 0.576. The first-order chi connectivity index (χ1) is 8.90. The number of nitrogens with zero attached hydrogens (tertiary/aromatic N) is 2. The van der Waals surface area contributed by atoms with Gasteiger partial charge in [-0.1, -0.05) is 0 Å². The SMILES string of the molecule is CC(C)(C)OC(=O)N1CCc2cc(N=C=O)ccc21. The first kappa shape index (κ1) is 13.3. The monoisotopic (exact) mass is 260 g/mol. The number of carbonyl (C=O) groups is 1. The highest BCUT2D eigenvalue weighted by Gasteiger charge is 2.28. The number of fused-ring (bicyclic) bond motifs is 1.